The SMILES string of the molecule is Cc1cc(-c2cccnc2)nc([C@@H]2CCCN2S(C)(=O)=O)n1. The van der Waals surface area contributed by atoms with Gasteiger partial charge in [0.25, 0.3) is 0 Å². The van der Waals surface area contributed by atoms with Gasteiger partial charge in [0.15, 0.2) is 0 Å². The maximum absolute atomic E-state index is 11.9. The van der Waals surface area contributed by atoms with E-state index in [1.807, 2.05) is 25.1 Å². The van der Waals surface area contributed by atoms with E-state index in [1.165, 1.54) is 10.6 Å². The predicted molar refractivity (Wildman–Crippen MR) is 83.5 cm³/mol. The Labute approximate surface area is 130 Å². The second kappa shape index (κ2) is 5.73. The zero-order valence-electron chi connectivity index (χ0n) is 12.6. The molecule has 1 aliphatic rings. The summed E-state index contributed by atoms with van der Waals surface area (Å²) in [5.41, 5.74) is 2.50. The molecule has 2 aromatic rings. The first-order valence-electron chi connectivity index (χ1n) is 7.18. The van der Waals surface area contributed by atoms with Crippen molar-refractivity contribution in [3.05, 3.63) is 42.1 Å². The van der Waals surface area contributed by atoms with Gasteiger partial charge in [0.1, 0.15) is 5.82 Å². The number of nitrogens with zero attached hydrogens (tertiary/aromatic N) is 4. The minimum absolute atomic E-state index is 0.273. The molecule has 0 radical (unpaired) electrons. The Morgan fingerprint density at radius 2 is 2.14 bits per heavy atom. The third-order valence-corrected chi connectivity index (χ3v) is 5.05. The third-order valence-electron chi connectivity index (χ3n) is 3.76. The summed E-state index contributed by atoms with van der Waals surface area (Å²) in [6.45, 7) is 2.42. The Hall–Kier alpha value is -1.86. The van der Waals surface area contributed by atoms with Gasteiger partial charge in [0, 0.05) is 30.2 Å². The Morgan fingerprint density at radius 3 is 2.82 bits per heavy atom. The molecule has 116 valence electrons. The van der Waals surface area contributed by atoms with E-state index in [4.69, 9.17) is 0 Å². The highest BCUT2D eigenvalue weighted by molar-refractivity contribution is 7.88. The molecular formula is C15H18N4O2S. The molecule has 0 N–H and O–H groups in total. The van der Waals surface area contributed by atoms with Crippen molar-refractivity contribution >= 4 is 10.0 Å². The summed E-state index contributed by atoms with van der Waals surface area (Å²) in [7, 11) is -3.25. The maximum atomic E-state index is 11.9. The van der Waals surface area contributed by atoms with Gasteiger partial charge in [-0.1, -0.05) is 0 Å². The Bertz CT molecular complexity index is 777. The van der Waals surface area contributed by atoms with Gasteiger partial charge >= 0.3 is 0 Å². The van der Waals surface area contributed by atoms with Crippen LogP contribution in [-0.2, 0) is 10.0 Å². The second-order valence-electron chi connectivity index (χ2n) is 5.53. The summed E-state index contributed by atoms with van der Waals surface area (Å²) in [6, 6.07) is 5.40. The second-order valence-corrected chi connectivity index (χ2v) is 7.46. The van der Waals surface area contributed by atoms with Gasteiger partial charge in [-0.05, 0) is 38.0 Å². The van der Waals surface area contributed by atoms with Gasteiger partial charge in [-0.3, -0.25) is 4.98 Å². The average molecular weight is 318 g/mol. The number of aromatic nitrogens is 3. The van der Waals surface area contributed by atoms with E-state index in [1.54, 1.807) is 12.4 Å². The van der Waals surface area contributed by atoms with Crippen molar-refractivity contribution in [1.29, 1.82) is 0 Å². The third kappa shape index (κ3) is 3.00. The topological polar surface area (TPSA) is 76.1 Å². The Morgan fingerprint density at radius 1 is 1.32 bits per heavy atom. The molecule has 0 aliphatic carbocycles. The Balaban J connectivity index is 2.03. The van der Waals surface area contributed by atoms with Gasteiger partial charge in [0.2, 0.25) is 10.0 Å². The van der Waals surface area contributed by atoms with E-state index in [0.717, 1.165) is 29.8 Å². The summed E-state index contributed by atoms with van der Waals surface area (Å²) in [5.74, 6) is 0.571. The fraction of sp³-hybridized carbons (Fsp3) is 0.400. The molecule has 1 fully saturated rings. The van der Waals surface area contributed by atoms with Gasteiger partial charge in [0.05, 0.1) is 18.0 Å². The smallest absolute Gasteiger partial charge is 0.211 e. The first kappa shape index (κ1) is 15.1. The van der Waals surface area contributed by atoms with E-state index < -0.39 is 10.0 Å². The highest BCUT2D eigenvalue weighted by Crippen LogP contribution is 2.32. The zero-order valence-corrected chi connectivity index (χ0v) is 13.4. The van der Waals surface area contributed by atoms with Crippen molar-refractivity contribution in [2.75, 3.05) is 12.8 Å². The minimum atomic E-state index is -3.25. The van der Waals surface area contributed by atoms with Gasteiger partial charge in [-0.15, -0.1) is 0 Å². The normalized spacial score (nSPS) is 19.5. The summed E-state index contributed by atoms with van der Waals surface area (Å²) >= 11 is 0. The first-order valence-corrected chi connectivity index (χ1v) is 9.03. The minimum Gasteiger partial charge on any atom is -0.264 e. The lowest BCUT2D eigenvalue weighted by atomic mass is 10.1. The maximum Gasteiger partial charge on any atom is 0.211 e. The fourth-order valence-electron chi connectivity index (χ4n) is 2.80. The van der Waals surface area contributed by atoms with Crippen LogP contribution in [0.2, 0.25) is 0 Å². The van der Waals surface area contributed by atoms with E-state index >= 15 is 0 Å². The number of hydrogen-bond acceptors (Lipinski definition) is 5. The quantitative estimate of drug-likeness (QED) is 0.864. The average Bonchev–Trinajstić information content (AvgIpc) is 2.97. The number of pyridine rings is 1. The molecule has 0 bridgehead atoms. The zero-order chi connectivity index (χ0) is 15.7. The molecule has 0 unspecified atom stereocenters. The monoisotopic (exact) mass is 318 g/mol. The highest BCUT2D eigenvalue weighted by atomic mass is 32.2. The van der Waals surface area contributed by atoms with Gasteiger partial charge in [-0.2, -0.15) is 4.31 Å². The van der Waals surface area contributed by atoms with Crippen LogP contribution in [0.4, 0.5) is 0 Å². The summed E-state index contributed by atoms with van der Waals surface area (Å²) in [6.07, 6.45) is 6.28. The lowest BCUT2D eigenvalue weighted by molar-refractivity contribution is 0.386. The summed E-state index contributed by atoms with van der Waals surface area (Å²) in [4.78, 5) is 13.2. The van der Waals surface area contributed by atoms with E-state index in [0.29, 0.717) is 12.4 Å². The van der Waals surface area contributed by atoms with Crippen LogP contribution in [0.1, 0.15) is 30.4 Å². The molecule has 1 saturated heterocycles. The molecule has 2 aromatic heterocycles. The van der Waals surface area contributed by atoms with Crippen LogP contribution in [0, 0.1) is 6.92 Å². The van der Waals surface area contributed by atoms with Crippen LogP contribution in [0.25, 0.3) is 11.3 Å². The molecule has 3 heterocycles. The van der Waals surface area contributed by atoms with Crippen molar-refractivity contribution in [2.24, 2.45) is 0 Å². The summed E-state index contributed by atoms with van der Waals surface area (Å²) < 4.78 is 25.3. The van der Waals surface area contributed by atoms with Gasteiger partial charge < -0.3 is 0 Å². The molecule has 0 aromatic carbocycles. The molecule has 7 heteroatoms. The summed E-state index contributed by atoms with van der Waals surface area (Å²) in [5, 5.41) is 0. The number of hydrogen-bond donors (Lipinski definition) is 0. The predicted octanol–water partition coefficient (Wildman–Crippen LogP) is 1.94. The fourth-order valence-corrected chi connectivity index (χ4v) is 3.92. The molecule has 1 aliphatic heterocycles. The van der Waals surface area contributed by atoms with E-state index in [-0.39, 0.29) is 6.04 Å². The molecule has 22 heavy (non-hydrogen) atoms. The van der Waals surface area contributed by atoms with E-state index in [9.17, 15) is 8.42 Å². The van der Waals surface area contributed by atoms with Crippen LogP contribution in [0.5, 0.6) is 0 Å². The van der Waals surface area contributed by atoms with Crippen LogP contribution in [0.3, 0.4) is 0 Å². The first-order chi connectivity index (χ1) is 10.4. The van der Waals surface area contributed by atoms with Crippen molar-refractivity contribution in [3.8, 4) is 11.3 Å². The molecule has 3 rings (SSSR count). The molecule has 0 spiro atoms. The standard InChI is InChI=1S/C15H18N4O2S/c1-11-9-13(12-5-3-7-16-10-12)18-15(17-11)14-6-4-8-19(14)22(2,20)21/h3,5,7,9-10,14H,4,6,8H2,1-2H3/t14-/m0/s1. The number of aryl methyl sites for hydroxylation is 1. The van der Waals surface area contributed by atoms with Crippen LogP contribution >= 0.6 is 0 Å². The molecule has 0 amide bonds. The number of sulfonamides is 1. The number of rotatable bonds is 3. The molecule has 0 saturated carbocycles. The van der Waals surface area contributed by atoms with E-state index in [2.05, 4.69) is 15.0 Å². The molecule has 6 nitrogen and oxygen atoms in total. The van der Waals surface area contributed by atoms with Crippen molar-refractivity contribution < 1.29 is 8.42 Å². The molecular weight excluding hydrogens is 300 g/mol. The Kier molecular flexibility index (Phi) is 3.92. The van der Waals surface area contributed by atoms with Crippen molar-refractivity contribution in [1.82, 2.24) is 19.3 Å². The highest BCUT2D eigenvalue weighted by Gasteiger charge is 2.34. The molecule has 1 atom stereocenters. The lowest BCUT2D eigenvalue weighted by Crippen LogP contribution is -2.30. The largest absolute Gasteiger partial charge is 0.264 e. The van der Waals surface area contributed by atoms with Crippen LogP contribution in [-0.4, -0.2) is 40.5 Å². The van der Waals surface area contributed by atoms with Crippen LogP contribution < -0.4 is 0 Å². The van der Waals surface area contributed by atoms with Crippen LogP contribution in [0.15, 0.2) is 30.6 Å². The lowest BCUT2D eigenvalue weighted by Gasteiger charge is -2.21. The van der Waals surface area contributed by atoms with Crippen molar-refractivity contribution in [2.45, 2.75) is 25.8 Å². The van der Waals surface area contributed by atoms with Crippen molar-refractivity contribution in [3.63, 3.8) is 0 Å². The van der Waals surface area contributed by atoms with Gasteiger partial charge in [-0.25, -0.2) is 18.4 Å².